The first-order valence-electron chi connectivity index (χ1n) is 7.80. The largest absolute Gasteiger partial charge is 0.493 e. The van der Waals surface area contributed by atoms with Crippen LogP contribution in [0.2, 0.25) is 0 Å². The molecule has 0 spiro atoms. The van der Waals surface area contributed by atoms with Crippen LogP contribution in [0, 0.1) is 13.8 Å². The van der Waals surface area contributed by atoms with Crippen LogP contribution in [-0.4, -0.2) is 30.1 Å². The average molecular weight is 337 g/mol. The molecular weight excluding hydrogens is 318 g/mol. The van der Waals surface area contributed by atoms with Crippen molar-refractivity contribution in [3.05, 3.63) is 53.3 Å². The van der Waals surface area contributed by atoms with Gasteiger partial charge in [0.1, 0.15) is 0 Å². The van der Waals surface area contributed by atoms with Gasteiger partial charge in [0.2, 0.25) is 0 Å². The quantitative estimate of drug-likeness (QED) is 0.788. The summed E-state index contributed by atoms with van der Waals surface area (Å²) in [7, 11) is 3.09. The highest BCUT2D eigenvalue weighted by atomic mass is 16.5. The van der Waals surface area contributed by atoms with Crippen molar-refractivity contribution in [2.45, 2.75) is 13.8 Å². The van der Waals surface area contributed by atoms with E-state index in [4.69, 9.17) is 9.47 Å². The Kier molecular flexibility index (Phi) is 4.52. The summed E-state index contributed by atoms with van der Waals surface area (Å²) < 4.78 is 10.4. The lowest BCUT2D eigenvalue weighted by Gasteiger charge is -2.10. The Labute approximate surface area is 145 Å². The first-order valence-corrected chi connectivity index (χ1v) is 7.80. The van der Waals surface area contributed by atoms with Crippen molar-refractivity contribution in [1.82, 2.24) is 9.97 Å². The fourth-order valence-corrected chi connectivity index (χ4v) is 2.49. The summed E-state index contributed by atoms with van der Waals surface area (Å²) in [5, 5.41) is 2.87. The number of rotatable bonds is 4. The molecule has 1 amide bonds. The minimum absolute atomic E-state index is 0.239. The van der Waals surface area contributed by atoms with Crippen molar-refractivity contribution < 1.29 is 14.3 Å². The molecule has 0 saturated heterocycles. The van der Waals surface area contributed by atoms with Crippen molar-refractivity contribution in [3.8, 4) is 11.5 Å². The van der Waals surface area contributed by atoms with Crippen molar-refractivity contribution in [3.63, 3.8) is 0 Å². The number of aryl methyl sites for hydroxylation is 2. The number of methoxy groups -OCH3 is 2. The summed E-state index contributed by atoms with van der Waals surface area (Å²) in [5.74, 6) is 0.841. The number of hydrogen-bond donors (Lipinski definition) is 1. The Morgan fingerprint density at radius 3 is 2.24 bits per heavy atom. The molecule has 0 unspecified atom stereocenters. The Hall–Kier alpha value is -3.15. The molecule has 1 N–H and O–H groups in total. The summed E-state index contributed by atoms with van der Waals surface area (Å²) in [6.45, 7) is 3.84. The maximum atomic E-state index is 12.5. The third kappa shape index (κ3) is 3.38. The molecule has 2 aromatic carbocycles. The second kappa shape index (κ2) is 6.76. The molecule has 3 aromatic rings. The van der Waals surface area contributed by atoms with Crippen LogP contribution in [0.4, 0.5) is 5.69 Å². The van der Waals surface area contributed by atoms with Gasteiger partial charge in [0.25, 0.3) is 5.91 Å². The normalized spacial score (nSPS) is 10.6. The predicted octanol–water partition coefficient (Wildman–Crippen LogP) is 3.52. The van der Waals surface area contributed by atoms with Crippen LogP contribution >= 0.6 is 0 Å². The lowest BCUT2D eigenvalue weighted by molar-refractivity contribution is 0.102. The van der Waals surface area contributed by atoms with E-state index in [-0.39, 0.29) is 5.91 Å². The number of carbonyl (C=O) groups is 1. The van der Waals surface area contributed by atoms with Crippen LogP contribution in [0.1, 0.15) is 21.7 Å². The fourth-order valence-electron chi connectivity index (χ4n) is 2.49. The maximum absolute atomic E-state index is 12.5. The van der Waals surface area contributed by atoms with Crippen molar-refractivity contribution >= 4 is 22.6 Å². The maximum Gasteiger partial charge on any atom is 0.255 e. The van der Waals surface area contributed by atoms with Crippen LogP contribution < -0.4 is 14.8 Å². The third-order valence-electron chi connectivity index (χ3n) is 3.98. The number of nitrogens with zero attached hydrogens (tertiary/aromatic N) is 2. The molecule has 1 heterocycles. The Morgan fingerprint density at radius 1 is 0.880 bits per heavy atom. The molecule has 0 radical (unpaired) electrons. The van der Waals surface area contributed by atoms with E-state index in [2.05, 4.69) is 15.3 Å². The highest BCUT2D eigenvalue weighted by molar-refractivity contribution is 6.05. The van der Waals surface area contributed by atoms with E-state index in [1.807, 2.05) is 32.0 Å². The van der Waals surface area contributed by atoms with Gasteiger partial charge in [-0.25, -0.2) is 9.97 Å². The van der Waals surface area contributed by atoms with E-state index >= 15 is 0 Å². The van der Waals surface area contributed by atoms with Crippen LogP contribution in [0.25, 0.3) is 11.0 Å². The molecule has 6 heteroatoms. The third-order valence-corrected chi connectivity index (χ3v) is 3.98. The second-order valence-electron chi connectivity index (χ2n) is 5.62. The van der Waals surface area contributed by atoms with Crippen LogP contribution in [0.15, 0.2) is 36.4 Å². The Morgan fingerprint density at radius 2 is 1.56 bits per heavy atom. The highest BCUT2D eigenvalue weighted by Gasteiger charge is 2.12. The topological polar surface area (TPSA) is 73.3 Å². The number of hydrogen-bond acceptors (Lipinski definition) is 5. The molecule has 0 aliphatic heterocycles. The molecule has 0 bridgehead atoms. The zero-order valence-corrected chi connectivity index (χ0v) is 14.6. The highest BCUT2D eigenvalue weighted by Crippen LogP contribution is 2.28. The monoisotopic (exact) mass is 337 g/mol. The summed E-state index contributed by atoms with van der Waals surface area (Å²) in [6.07, 6.45) is 0. The van der Waals surface area contributed by atoms with E-state index in [0.29, 0.717) is 22.7 Å². The first kappa shape index (κ1) is 16.7. The Balaban J connectivity index is 1.88. The van der Waals surface area contributed by atoms with E-state index < -0.39 is 0 Å². The van der Waals surface area contributed by atoms with Gasteiger partial charge in [-0.3, -0.25) is 4.79 Å². The molecule has 6 nitrogen and oxygen atoms in total. The first-order chi connectivity index (χ1) is 12.0. The number of fused-ring (bicyclic) bond motifs is 1. The molecule has 0 saturated carbocycles. The van der Waals surface area contributed by atoms with Crippen molar-refractivity contribution in [1.29, 1.82) is 0 Å². The van der Waals surface area contributed by atoms with E-state index in [0.717, 1.165) is 22.4 Å². The number of benzene rings is 2. The summed E-state index contributed by atoms with van der Waals surface area (Å²) in [5.41, 5.74) is 4.44. The zero-order chi connectivity index (χ0) is 18.0. The van der Waals surface area contributed by atoms with E-state index in [1.54, 1.807) is 25.3 Å². The predicted molar refractivity (Wildman–Crippen MR) is 96.5 cm³/mol. The number of carbonyl (C=O) groups excluding carboxylic acids is 1. The van der Waals surface area contributed by atoms with Crippen LogP contribution in [0.5, 0.6) is 11.5 Å². The van der Waals surface area contributed by atoms with Gasteiger partial charge in [0, 0.05) is 11.3 Å². The molecule has 128 valence electrons. The van der Waals surface area contributed by atoms with Gasteiger partial charge >= 0.3 is 0 Å². The molecule has 0 aliphatic rings. The van der Waals surface area contributed by atoms with Gasteiger partial charge in [-0.15, -0.1) is 0 Å². The molecule has 3 rings (SSSR count). The van der Waals surface area contributed by atoms with Gasteiger partial charge in [-0.05, 0) is 50.2 Å². The number of anilines is 1. The number of aromatic nitrogens is 2. The molecule has 25 heavy (non-hydrogen) atoms. The Bertz CT molecular complexity index is 954. The summed E-state index contributed by atoms with van der Waals surface area (Å²) in [4.78, 5) is 21.5. The van der Waals surface area contributed by atoms with Gasteiger partial charge in [0.05, 0.1) is 36.6 Å². The minimum atomic E-state index is -0.239. The number of amides is 1. The van der Waals surface area contributed by atoms with Gasteiger partial charge < -0.3 is 14.8 Å². The van der Waals surface area contributed by atoms with Gasteiger partial charge in [-0.1, -0.05) is 0 Å². The lowest BCUT2D eigenvalue weighted by atomic mass is 10.1. The van der Waals surface area contributed by atoms with Crippen molar-refractivity contribution in [2.75, 3.05) is 19.5 Å². The lowest BCUT2D eigenvalue weighted by Crippen LogP contribution is -2.12. The van der Waals surface area contributed by atoms with Crippen LogP contribution in [0.3, 0.4) is 0 Å². The standard InChI is InChI=1S/C19H19N3O3/c1-11-12(2)21-16-10-14(6-7-15(16)20-11)22-19(23)13-5-8-17(24-3)18(9-13)25-4/h5-10H,1-4H3,(H,22,23). The van der Waals surface area contributed by atoms with Crippen molar-refractivity contribution in [2.24, 2.45) is 0 Å². The molecular formula is C19H19N3O3. The van der Waals surface area contributed by atoms with E-state index in [1.165, 1.54) is 7.11 Å². The molecule has 0 fully saturated rings. The fraction of sp³-hybridized carbons (Fsp3) is 0.211. The summed E-state index contributed by atoms with van der Waals surface area (Å²) >= 11 is 0. The smallest absolute Gasteiger partial charge is 0.255 e. The zero-order valence-electron chi connectivity index (χ0n) is 14.6. The summed E-state index contributed by atoms with van der Waals surface area (Å²) in [6, 6.07) is 10.5. The minimum Gasteiger partial charge on any atom is -0.493 e. The average Bonchev–Trinajstić information content (AvgIpc) is 2.62. The SMILES string of the molecule is COc1ccc(C(=O)Nc2ccc3nc(C)c(C)nc3c2)cc1OC. The second-order valence-corrected chi connectivity index (χ2v) is 5.62. The molecule has 1 aromatic heterocycles. The van der Waals surface area contributed by atoms with Gasteiger partial charge in [-0.2, -0.15) is 0 Å². The number of ether oxygens (including phenoxy) is 2. The van der Waals surface area contributed by atoms with Crippen LogP contribution in [-0.2, 0) is 0 Å². The molecule has 0 aliphatic carbocycles. The van der Waals surface area contributed by atoms with Gasteiger partial charge in [0.15, 0.2) is 11.5 Å². The number of nitrogens with one attached hydrogen (secondary N) is 1. The van der Waals surface area contributed by atoms with E-state index in [9.17, 15) is 4.79 Å². The molecule has 0 atom stereocenters.